The molecule has 3 heterocycles. The summed E-state index contributed by atoms with van der Waals surface area (Å²) in [5.74, 6) is 1.09. The minimum absolute atomic E-state index is 0.134. The van der Waals surface area contributed by atoms with Crippen LogP contribution in [0.2, 0.25) is 0 Å². The molecule has 0 atom stereocenters. The van der Waals surface area contributed by atoms with Crippen molar-refractivity contribution in [3.05, 3.63) is 34.3 Å². The van der Waals surface area contributed by atoms with Crippen molar-refractivity contribution >= 4 is 27.7 Å². The molecule has 104 valence electrons. The van der Waals surface area contributed by atoms with Gasteiger partial charge in [-0.3, -0.25) is 0 Å². The first-order chi connectivity index (χ1) is 8.87. The first-order valence-electron chi connectivity index (χ1n) is 6.55. The number of ether oxygens (including phenoxy) is 2. The van der Waals surface area contributed by atoms with Crippen LogP contribution in [0.3, 0.4) is 0 Å². The summed E-state index contributed by atoms with van der Waals surface area (Å²) in [4.78, 5) is 0. The van der Waals surface area contributed by atoms with Gasteiger partial charge >= 0.3 is 0 Å². The molecule has 0 radical (unpaired) electrons. The summed E-state index contributed by atoms with van der Waals surface area (Å²) in [7, 11) is 0. The molecule has 0 aromatic heterocycles. The van der Waals surface area contributed by atoms with Crippen molar-refractivity contribution in [2.75, 3.05) is 19.0 Å². The van der Waals surface area contributed by atoms with Crippen molar-refractivity contribution in [3.8, 4) is 0 Å². The molecule has 0 saturated carbocycles. The maximum absolute atomic E-state index is 6.15. The van der Waals surface area contributed by atoms with E-state index < -0.39 is 5.12 Å². The van der Waals surface area contributed by atoms with Crippen LogP contribution in [0.25, 0.3) is 0 Å². The monoisotopic (exact) mass is 342 g/mol. The van der Waals surface area contributed by atoms with Gasteiger partial charge in [0.2, 0.25) is 5.12 Å². The molecule has 1 aromatic carbocycles. The quantitative estimate of drug-likeness (QED) is 0.754. The molecule has 1 aromatic rings. The average molecular weight is 343 g/mol. The second-order valence-electron chi connectivity index (χ2n) is 6.46. The van der Waals surface area contributed by atoms with Crippen LogP contribution in [-0.2, 0) is 14.6 Å². The van der Waals surface area contributed by atoms with Crippen molar-refractivity contribution in [1.82, 2.24) is 0 Å². The van der Waals surface area contributed by atoms with Crippen molar-refractivity contribution in [1.29, 1.82) is 0 Å². The van der Waals surface area contributed by atoms with E-state index in [1.54, 1.807) is 11.8 Å². The SMILES string of the molecule is CC(C)(C)C12COC(c3ccc(Br)cc3)(OC1)SC2. The minimum atomic E-state index is -0.590. The summed E-state index contributed by atoms with van der Waals surface area (Å²) in [5.41, 5.74) is 1.43. The van der Waals surface area contributed by atoms with E-state index in [1.807, 2.05) is 12.1 Å². The van der Waals surface area contributed by atoms with Crippen molar-refractivity contribution in [2.24, 2.45) is 10.8 Å². The molecule has 0 aliphatic carbocycles. The van der Waals surface area contributed by atoms with E-state index >= 15 is 0 Å². The molecule has 0 unspecified atom stereocenters. The van der Waals surface area contributed by atoms with E-state index in [9.17, 15) is 0 Å². The molecule has 4 rings (SSSR count). The zero-order valence-electron chi connectivity index (χ0n) is 11.5. The van der Waals surface area contributed by atoms with E-state index in [2.05, 4.69) is 48.8 Å². The van der Waals surface area contributed by atoms with Crippen molar-refractivity contribution < 1.29 is 9.47 Å². The van der Waals surface area contributed by atoms with Gasteiger partial charge in [-0.2, -0.15) is 0 Å². The number of hydrogen-bond acceptors (Lipinski definition) is 3. The Kier molecular flexibility index (Phi) is 3.29. The number of halogens is 1. The van der Waals surface area contributed by atoms with Crippen LogP contribution in [0.5, 0.6) is 0 Å². The molecule has 3 aliphatic heterocycles. The van der Waals surface area contributed by atoms with Gasteiger partial charge in [0.15, 0.2) is 0 Å². The van der Waals surface area contributed by atoms with Gasteiger partial charge in [0.05, 0.1) is 13.2 Å². The first-order valence-corrected chi connectivity index (χ1v) is 8.33. The van der Waals surface area contributed by atoms with E-state index in [-0.39, 0.29) is 10.8 Å². The Labute approximate surface area is 127 Å². The third kappa shape index (κ3) is 2.17. The third-order valence-electron chi connectivity index (χ3n) is 4.40. The highest BCUT2D eigenvalue weighted by atomic mass is 79.9. The highest BCUT2D eigenvalue weighted by Gasteiger charge is 2.57. The minimum Gasteiger partial charge on any atom is -0.337 e. The van der Waals surface area contributed by atoms with E-state index in [4.69, 9.17) is 9.47 Å². The summed E-state index contributed by atoms with van der Waals surface area (Å²) in [6.45, 7) is 8.38. The van der Waals surface area contributed by atoms with Gasteiger partial charge in [-0.05, 0) is 17.5 Å². The molecular weight excluding hydrogens is 324 g/mol. The van der Waals surface area contributed by atoms with Crippen LogP contribution < -0.4 is 0 Å². The Morgan fingerprint density at radius 1 is 1.11 bits per heavy atom. The molecule has 2 nitrogen and oxygen atoms in total. The summed E-state index contributed by atoms with van der Waals surface area (Å²) in [6.07, 6.45) is 0. The number of benzene rings is 1. The maximum atomic E-state index is 6.15. The van der Waals surface area contributed by atoms with E-state index in [0.29, 0.717) is 0 Å². The predicted molar refractivity (Wildman–Crippen MR) is 82.1 cm³/mol. The van der Waals surface area contributed by atoms with E-state index in [1.165, 1.54) is 0 Å². The highest BCUT2D eigenvalue weighted by Crippen LogP contribution is 2.58. The predicted octanol–water partition coefficient (Wildman–Crippen LogP) is 4.39. The Bertz CT molecular complexity index is 453. The van der Waals surface area contributed by atoms with E-state index in [0.717, 1.165) is 29.0 Å². The molecule has 3 saturated heterocycles. The van der Waals surface area contributed by atoms with Crippen LogP contribution in [0.1, 0.15) is 26.3 Å². The summed E-state index contributed by atoms with van der Waals surface area (Å²) in [5, 5.41) is -0.590. The molecule has 0 spiro atoms. The third-order valence-corrected chi connectivity index (χ3v) is 6.48. The Morgan fingerprint density at radius 3 is 2.11 bits per heavy atom. The molecule has 3 fully saturated rings. The van der Waals surface area contributed by atoms with Crippen LogP contribution in [-0.4, -0.2) is 19.0 Å². The van der Waals surface area contributed by atoms with Crippen LogP contribution >= 0.6 is 27.7 Å². The number of fused-ring (bicyclic) bond motifs is 3. The zero-order valence-corrected chi connectivity index (χ0v) is 13.9. The lowest BCUT2D eigenvalue weighted by atomic mass is 9.68. The topological polar surface area (TPSA) is 18.5 Å². The molecule has 0 N–H and O–H groups in total. The van der Waals surface area contributed by atoms with Gasteiger partial charge in [-0.15, -0.1) is 0 Å². The van der Waals surface area contributed by atoms with Gasteiger partial charge in [-0.25, -0.2) is 0 Å². The number of hydrogen-bond donors (Lipinski definition) is 0. The van der Waals surface area contributed by atoms with Gasteiger partial charge in [0, 0.05) is 21.2 Å². The van der Waals surface area contributed by atoms with Crippen LogP contribution in [0.15, 0.2) is 28.7 Å². The van der Waals surface area contributed by atoms with Crippen LogP contribution in [0, 0.1) is 10.8 Å². The lowest BCUT2D eigenvalue weighted by molar-refractivity contribution is -0.283. The largest absolute Gasteiger partial charge is 0.337 e. The lowest BCUT2D eigenvalue weighted by Gasteiger charge is -2.57. The molecule has 4 heteroatoms. The van der Waals surface area contributed by atoms with Gasteiger partial charge in [0.1, 0.15) is 0 Å². The summed E-state index contributed by atoms with van der Waals surface area (Å²) in [6, 6.07) is 8.23. The van der Waals surface area contributed by atoms with Gasteiger partial charge < -0.3 is 9.47 Å². The molecular formula is C15H19BrO2S. The smallest absolute Gasteiger partial charge is 0.245 e. The summed E-state index contributed by atoms with van der Waals surface area (Å²) >= 11 is 5.25. The molecule has 0 amide bonds. The average Bonchev–Trinajstić information content (AvgIpc) is 2.40. The molecule has 2 bridgehead atoms. The fraction of sp³-hybridized carbons (Fsp3) is 0.600. The second kappa shape index (κ2) is 4.48. The Morgan fingerprint density at radius 2 is 1.68 bits per heavy atom. The zero-order chi connectivity index (χ0) is 13.7. The fourth-order valence-corrected chi connectivity index (χ4v) is 4.42. The molecule has 19 heavy (non-hydrogen) atoms. The Hall–Kier alpha value is -0.0300. The second-order valence-corrected chi connectivity index (χ2v) is 8.49. The van der Waals surface area contributed by atoms with Crippen LogP contribution in [0.4, 0.5) is 0 Å². The maximum Gasteiger partial charge on any atom is 0.245 e. The lowest BCUT2D eigenvalue weighted by Crippen LogP contribution is -2.58. The first kappa shape index (κ1) is 13.9. The fourth-order valence-electron chi connectivity index (χ4n) is 2.50. The highest BCUT2D eigenvalue weighted by molar-refractivity contribution is 9.10. The van der Waals surface area contributed by atoms with Gasteiger partial charge in [-0.1, -0.05) is 60.6 Å². The number of rotatable bonds is 1. The summed E-state index contributed by atoms with van der Waals surface area (Å²) < 4.78 is 13.4. The number of thioether (sulfide) groups is 1. The molecule has 3 aliphatic rings. The Balaban J connectivity index is 1.87. The van der Waals surface area contributed by atoms with Gasteiger partial charge in [0.25, 0.3) is 0 Å². The standard InChI is InChI=1S/C15H19BrO2S/c1-13(2,3)14-8-17-15(18-9-14,19-10-14)11-4-6-12(16)7-5-11/h4-7H,8-10H2,1-3H3. The van der Waals surface area contributed by atoms with Crippen molar-refractivity contribution in [2.45, 2.75) is 25.9 Å². The van der Waals surface area contributed by atoms with Crippen molar-refractivity contribution in [3.63, 3.8) is 0 Å². The normalized spacial score (nSPS) is 34.5.